The molecular weight excluding hydrogens is 689 g/mol. The summed E-state index contributed by atoms with van der Waals surface area (Å²) in [6.07, 6.45) is 9.56. The number of aromatic nitrogens is 1. The van der Waals surface area contributed by atoms with Crippen LogP contribution in [0.4, 0.5) is 22.7 Å². The Morgan fingerprint density at radius 3 is 1.96 bits per heavy atom. The SMILES string of the molecule is CC(C)(C)C1=CC2c3cc(C(C)(C)C)cc4c3N(B3c5c(cc6ccccc6c5-4)N(c4cc(C(C)(C)C)cc(C(C)(C)C)c4)c4ccc5cccnc5c43)C2C=C1. The molecule has 0 spiro atoms. The molecule has 5 aromatic carbocycles. The van der Waals surface area contributed by atoms with Crippen molar-refractivity contribution in [3.8, 4) is 11.1 Å². The largest absolute Gasteiger partial charge is 0.399 e. The first-order valence-corrected chi connectivity index (χ1v) is 21.1. The highest BCUT2D eigenvalue weighted by Gasteiger charge is 2.53. The van der Waals surface area contributed by atoms with E-state index >= 15 is 0 Å². The number of fused-ring (bicyclic) bond motifs is 11. The molecular formula is C53H56BN3. The molecule has 2 unspecified atom stereocenters. The van der Waals surface area contributed by atoms with Gasteiger partial charge in [0.25, 0.3) is 0 Å². The highest BCUT2D eigenvalue weighted by Crippen LogP contribution is 2.57. The van der Waals surface area contributed by atoms with Crippen molar-refractivity contribution in [2.75, 3.05) is 9.71 Å². The second-order valence-corrected chi connectivity index (χ2v) is 21.4. The van der Waals surface area contributed by atoms with Gasteiger partial charge in [0.2, 0.25) is 0 Å². The van der Waals surface area contributed by atoms with E-state index in [1.807, 2.05) is 6.20 Å². The predicted molar refractivity (Wildman–Crippen MR) is 246 cm³/mol. The zero-order chi connectivity index (χ0) is 40.1. The van der Waals surface area contributed by atoms with Crippen LogP contribution in [0.5, 0.6) is 0 Å². The fourth-order valence-corrected chi connectivity index (χ4v) is 10.1. The van der Waals surface area contributed by atoms with Crippen molar-refractivity contribution in [2.45, 2.75) is 111 Å². The van der Waals surface area contributed by atoms with Crippen LogP contribution in [-0.2, 0) is 16.2 Å². The highest BCUT2D eigenvalue weighted by atomic mass is 15.2. The summed E-state index contributed by atoms with van der Waals surface area (Å²) in [5.74, 6) is 0.242. The molecule has 10 rings (SSSR count). The van der Waals surface area contributed by atoms with E-state index in [0.717, 1.165) is 5.52 Å². The summed E-state index contributed by atoms with van der Waals surface area (Å²) in [6.45, 7) is 28.2. The van der Waals surface area contributed by atoms with Crippen LogP contribution in [0.1, 0.15) is 111 Å². The van der Waals surface area contributed by atoms with Gasteiger partial charge in [0, 0.05) is 46.5 Å². The minimum absolute atomic E-state index is 0.0213. The maximum Gasteiger partial charge on any atom is 0.331 e. The maximum absolute atomic E-state index is 5.28. The quantitative estimate of drug-likeness (QED) is 0.156. The first-order chi connectivity index (χ1) is 26.8. The molecule has 57 heavy (non-hydrogen) atoms. The first kappa shape index (κ1) is 36.3. The van der Waals surface area contributed by atoms with Crippen molar-refractivity contribution in [1.82, 2.24) is 4.98 Å². The third-order valence-corrected chi connectivity index (χ3v) is 13.4. The van der Waals surface area contributed by atoms with Gasteiger partial charge in [0.15, 0.2) is 0 Å². The smallest absolute Gasteiger partial charge is 0.331 e. The number of benzene rings is 5. The van der Waals surface area contributed by atoms with E-state index < -0.39 is 0 Å². The lowest BCUT2D eigenvalue weighted by Gasteiger charge is -2.47. The Morgan fingerprint density at radius 2 is 1.28 bits per heavy atom. The Kier molecular flexibility index (Phi) is 7.47. The molecule has 286 valence electrons. The van der Waals surface area contributed by atoms with Crippen LogP contribution in [-0.4, -0.2) is 17.9 Å². The number of allylic oxidation sites excluding steroid dienone is 2. The fourth-order valence-electron chi connectivity index (χ4n) is 10.1. The van der Waals surface area contributed by atoms with Crippen LogP contribution in [0.2, 0.25) is 0 Å². The fraction of sp³-hybridized carbons (Fsp3) is 0.340. The molecule has 3 aliphatic heterocycles. The van der Waals surface area contributed by atoms with E-state index in [0.29, 0.717) is 0 Å². The molecule has 3 nitrogen and oxygen atoms in total. The molecule has 0 saturated heterocycles. The second-order valence-electron chi connectivity index (χ2n) is 21.4. The predicted octanol–water partition coefficient (Wildman–Crippen LogP) is 12.7. The number of hydrogen-bond acceptors (Lipinski definition) is 3. The molecule has 1 aliphatic carbocycles. The van der Waals surface area contributed by atoms with Gasteiger partial charge >= 0.3 is 6.85 Å². The summed E-state index contributed by atoms with van der Waals surface area (Å²) < 4.78 is 0. The van der Waals surface area contributed by atoms with Crippen LogP contribution >= 0.6 is 0 Å². The molecule has 0 bridgehead atoms. The van der Waals surface area contributed by atoms with Crippen LogP contribution in [0.15, 0.2) is 115 Å². The van der Waals surface area contributed by atoms with E-state index in [1.54, 1.807) is 0 Å². The van der Waals surface area contributed by atoms with Crippen molar-refractivity contribution < 1.29 is 0 Å². The zero-order valence-electron chi connectivity index (χ0n) is 36.0. The van der Waals surface area contributed by atoms with Crippen molar-refractivity contribution in [1.29, 1.82) is 0 Å². The molecule has 1 aromatic heterocycles. The number of anilines is 4. The van der Waals surface area contributed by atoms with Gasteiger partial charge in [-0.05, 0) is 119 Å². The molecule has 2 atom stereocenters. The number of hydrogen-bond donors (Lipinski definition) is 0. The van der Waals surface area contributed by atoms with E-state index in [2.05, 4.69) is 196 Å². The molecule has 0 saturated carbocycles. The lowest BCUT2D eigenvalue weighted by atomic mass is 9.42. The Hall–Kier alpha value is -5.09. The van der Waals surface area contributed by atoms with Gasteiger partial charge in [0.05, 0.1) is 5.52 Å². The summed E-state index contributed by atoms with van der Waals surface area (Å²) in [4.78, 5) is 10.7. The lowest BCUT2D eigenvalue weighted by Crippen LogP contribution is -2.65. The summed E-state index contributed by atoms with van der Waals surface area (Å²) >= 11 is 0. The van der Waals surface area contributed by atoms with Crippen LogP contribution in [0, 0.1) is 5.41 Å². The minimum atomic E-state index is -0.0340. The van der Waals surface area contributed by atoms with Gasteiger partial charge < -0.3 is 9.71 Å². The van der Waals surface area contributed by atoms with Crippen LogP contribution < -0.4 is 20.6 Å². The molecule has 4 heterocycles. The van der Waals surface area contributed by atoms with E-state index in [4.69, 9.17) is 4.98 Å². The maximum atomic E-state index is 5.28. The average Bonchev–Trinajstić information content (AvgIpc) is 3.48. The third kappa shape index (κ3) is 5.35. The lowest BCUT2D eigenvalue weighted by molar-refractivity contribution is 0.507. The molecule has 4 heteroatoms. The Bertz CT molecular complexity index is 2730. The number of nitrogens with zero attached hydrogens (tertiary/aromatic N) is 3. The zero-order valence-corrected chi connectivity index (χ0v) is 36.0. The molecule has 4 aliphatic rings. The van der Waals surface area contributed by atoms with Gasteiger partial charge in [-0.25, -0.2) is 0 Å². The second kappa shape index (κ2) is 11.7. The Morgan fingerprint density at radius 1 is 0.614 bits per heavy atom. The third-order valence-electron chi connectivity index (χ3n) is 13.4. The van der Waals surface area contributed by atoms with Crippen molar-refractivity contribution in [3.63, 3.8) is 0 Å². The van der Waals surface area contributed by atoms with Crippen molar-refractivity contribution in [2.24, 2.45) is 5.41 Å². The van der Waals surface area contributed by atoms with Crippen LogP contribution in [0.25, 0.3) is 32.8 Å². The Balaban J connectivity index is 1.38. The van der Waals surface area contributed by atoms with Crippen molar-refractivity contribution in [3.05, 3.63) is 137 Å². The molecule has 0 N–H and O–H groups in total. The molecule has 6 aromatic rings. The molecule has 0 fully saturated rings. The summed E-state index contributed by atoms with van der Waals surface area (Å²) in [7, 11) is 0. The summed E-state index contributed by atoms with van der Waals surface area (Å²) in [5.41, 5.74) is 18.6. The first-order valence-electron chi connectivity index (χ1n) is 21.1. The highest BCUT2D eigenvalue weighted by molar-refractivity contribution is 6.94. The van der Waals surface area contributed by atoms with E-state index in [-0.39, 0.29) is 40.5 Å². The van der Waals surface area contributed by atoms with Gasteiger partial charge in [-0.15, -0.1) is 0 Å². The molecule has 0 amide bonds. The average molecular weight is 746 g/mol. The topological polar surface area (TPSA) is 19.4 Å². The number of pyridine rings is 1. The normalized spacial score (nSPS) is 18.5. The monoisotopic (exact) mass is 745 g/mol. The van der Waals surface area contributed by atoms with E-state index in [1.165, 1.54) is 88.8 Å². The minimum Gasteiger partial charge on any atom is -0.399 e. The van der Waals surface area contributed by atoms with Gasteiger partial charge in [-0.1, -0.05) is 150 Å². The van der Waals surface area contributed by atoms with Gasteiger partial charge in [0.1, 0.15) is 0 Å². The van der Waals surface area contributed by atoms with Gasteiger partial charge in [-0.2, -0.15) is 0 Å². The van der Waals surface area contributed by atoms with Gasteiger partial charge in [-0.3, -0.25) is 4.98 Å². The molecule has 0 radical (unpaired) electrons. The van der Waals surface area contributed by atoms with Crippen molar-refractivity contribution >= 4 is 62.2 Å². The summed E-state index contributed by atoms with van der Waals surface area (Å²) in [6, 6.07) is 33.3. The van der Waals surface area contributed by atoms with Crippen LogP contribution in [0.3, 0.4) is 0 Å². The Labute approximate surface area is 340 Å². The number of rotatable bonds is 1. The van der Waals surface area contributed by atoms with E-state index in [9.17, 15) is 0 Å². The summed E-state index contributed by atoms with van der Waals surface area (Å²) in [5, 5.41) is 3.77. The standard InChI is InChI=1S/C53H56BN3/c1-50(2,3)33-20-22-42-39(28-33)40-29-36(53(10,11)12)30-41-45-38-18-14-13-16-32(38)24-44-46(45)54(57(42)49(40)41)47-43(21-19-31-17-15-23-55-48(31)47)56(44)37-26-34(51(4,5)6)25-35(27-37)52(7,8)9/h13-30,39,42H,1-12H3.